The maximum Gasteiger partial charge on any atom is 0.328 e. The van der Waals surface area contributed by atoms with E-state index in [9.17, 15) is 19.2 Å². The minimum absolute atomic E-state index is 0. The fourth-order valence-electron chi connectivity index (χ4n) is 4.35. The maximum absolute atomic E-state index is 12.5. The normalized spacial score (nSPS) is 10.5. The molecule has 0 atom stereocenters. The van der Waals surface area contributed by atoms with Crippen molar-refractivity contribution in [1.82, 2.24) is 19.1 Å². The van der Waals surface area contributed by atoms with E-state index in [4.69, 9.17) is 18.9 Å². The zero-order chi connectivity index (χ0) is 29.4. The average molecular weight is 575 g/mol. The number of benzene rings is 2. The topological polar surface area (TPSA) is 178 Å². The van der Waals surface area contributed by atoms with Crippen LogP contribution in [0.3, 0.4) is 0 Å². The molecule has 13 nitrogen and oxygen atoms in total. The Balaban J connectivity index is 0.000000280. The lowest BCUT2D eigenvalue weighted by Gasteiger charge is -2.11. The minimum Gasteiger partial charge on any atom is -0.493 e. The van der Waals surface area contributed by atoms with E-state index in [1.54, 1.807) is 24.3 Å². The van der Waals surface area contributed by atoms with Crippen molar-refractivity contribution in [2.24, 2.45) is 0 Å². The van der Waals surface area contributed by atoms with Gasteiger partial charge in [-0.15, -0.1) is 0 Å². The molecule has 4 N–H and O–H groups in total. The van der Waals surface area contributed by atoms with Gasteiger partial charge in [0.1, 0.15) is 10.8 Å². The molecule has 0 aliphatic rings. The van der Waals surface area contributed by atoms with Crippen molar-refractivity contribution in [3.8, 4) is 23.0 Å². The van der Waals surface area contributed by atoms with Crippen LogP contribution in [-0.4, -0.2) is 53.0 Å². The highest BCUT2D eigenvalue weighted by atomic mass is 16.5. The summed E-state index contributed by atoms with van der Waals surface area (Å²) in [6, 6.07) is 6.60. The van der Waals surface area contributed by atoms with Crippen LogP contribution in [0.1, 0.15) is 39.5 Å². The number of H-pyrrole nitrogens is 2. The molecular formula is C28H38N4O9. The summed E-state index contributed by atoms with van der Waals surface area (Å²) in [6.45, 7) is 4.79. The molecule has 13 heteroatoms. The standard InChI is InChI=1S/2C14H18N2O4.H2O/c2*1-4-5-8-16-13(17)11-9(15-14(16)18)6-7-10(19-2)12(11)20-3;/h2*6-7H,4-5,8H2,1-3H3,(H,15,18);1H2. The van der Waals surface area contributed by atoms with Gasteiger partial charge in [-0.1, -0.05) is 26.7 Å². The van der Waals surface area contributed by atoms with Gasteiger partial charge in [0.05, 0.1) is 39.5 Å². The van der Waals surface area contributed by atoms with Gasteiger partial charge in [0.15, 0.2) is 23.0 Å². The van der Waals surface area contributed by atoms with Crippen LogP contribution in [0.5, 0.6) is 23.0 Å². The lowest BCUT2D eigenvalue weighted by Crippen LogP contribution is -2.35. The van der Waals surface area contributed by atoms with Crippen molar-refractivity contribution >= 4 is 21.8 Å². The molecule has 0 spiro atoms. The SMILES string of the molecule is CCCCn1c(=O)[nH]c2ccc(OC)c(OC)c2c1=O.CCCCn1c(=O)[nH]c2ccc(OC)c(OC)c2c1=O.O. The molecule has 4 rings (SSSR count). The molecule has 0 amide bonds. The van der Waals surface area contributed by atoms with Crippen LogP contribution in [-0.2, 0) is 13.1 Å². The summed E-state index contributed by atoms with van der Waals surface area (Å²) in [5.74, 6) is 1.62. The van der Waals surface area contributed by atoms with Crippen molar-refractivity contribution in [3.63, 3.8) is 0 Å². The molecule has 0 saturated carbocycles. The van der Waals surface area contributed by atoms with Gasteiger partial charge in [-0.3, -0.25) is 18.7 Å². The first-order valence-electron chi connectivity index (χ1n) is 13.0. The predicted molar refractivity (Wildman–Crippen MR) is 157 cm³/mol. The fourth-order valence-corrected chi connectivity index (χ4v) is 4.35. The van der Waals surface area contributed by atoms with E-state index in [0.717, 1.165) is 25.7 Å². The number of unbranched alkanes of at least 4 members (excludes halogenated alkanes) is 2. The van der Waals surface area contributed by atoms with Crippen molar-refractivity contribution < 1.29 is 24.4 Å². The summed E-state index contributed by atoms with van der Waals surface area (Å²) in [7, 11) is 5.95. The van der Waals surface area contributed by atoms with Crippen molar-refractivity contribution in [2.45, 2.75) is 52.6 Å². The Kier molecular flexibility index (Phi) is 11.8. The Morgan fingerprint density at radius 2 is 0.976 bits per heavy atom. The summed E-state index contributed by atoms with van der Waals surface area (Å²) in [4.78, 5) is 54.3. The molecular weight excluding hydrogens is 536 g/mol. The number of nitrogens with zero attached hydrogens (tertiary/aromatic N) is 2. The zero-order valence-electron chi connectivity index (χ0n) is 24.2. The molecule has 2 aromatic heterocycles. The zero-order valence-corrected chi connectivity index (χ0v) is 24.2. The fraction of sp³-hybridized carbons (Fsp3) is 0.429. The lowest BCUT2D eigenvalue weighted by atomic mass is 10.2. The second-order valence-electron chi connectivity index (χ2n) is 8.93. The summed E-state index contributed by atoms with van der Waals surface area (Å²) in [6.07, 6.45) is 3.33. The van der Waals surface area contributed by atoms with Crippen LogP contribution in [0, 0.1) is 0 Å². The number of nitrogens with one attached hydrogen (secondary N) is 2. The van der Waals surface area contributed by atoms with Gasteiger partial charge in [-0.05, 0) is 37.1 Å². The lowest BCUT2D eigenvalue weighted by molar-refractivity contribution is 0.358. The number of rotatable bonds is 10. The Hall–Kier alpha value is -4.52. The predicted octanol–water partition coefficient (Wildman–Crippen LogP) is 2.19. The van der Waals surface area contributed by atoms with Crippen LogP contribution in [0.2, 0.25) is 0 Å². The third-order valence-electron chi connectivity index (χ3n) is 6.45. The Labute approximate surface area is 235 Å². The second kappa shape index (κ2) is 14.7. The van der Waals surface area contributed by atoms with Gasteiger partial charge >= 0.3 is 11.4 Å². The largest absolute Gasteiger partial charge is 0.493 e. The summed E-state index contributed by atoms with van der Waals surface area (Å²) < 4.78 is 23.3. The molecule has 4 aromatic rings. The molecule has 224 valence electrons. The van der Waals surface area contributed by atoms with Gasteiger partial charge in [0, 0.05) is 13.1 Å². The third kappa shape index (κ3) is 6.62. The van der Waals surface area contributed by atoms with E-state index in [0.29, 0.717) is 57.9 Å². The highest BCUT2D eigenvalue weighted by molar-refractivity contribution is 5.87. The Morgan fingerprint density at radius 3 is 1.27 bits per heavy atom. The highest BCUT2D eigenvalue weighted by Gasteiger charge is 2.17. The summed E-state index contributed by atoms with van der Waals surface area (Å²) in [5, 5.41) is 0.671. The van der Waals surface area contributed by atoms with Gasteiger partial charge in [0.2, 0.25) is 0 Å². The molecule has 0 aliphatic heterocycles. The Morgan fingerprint density at radius 1 is 0.610 bits per heavy atom. The van der Waals surface area contributed by atoms with Crippen molar-refractivity contribution in [1.29, 1.82) is 0 Å². The number of hydrogen-bond donors (Lipinski definition) is 2. The molecule has 0 bridgehead atoms. The van der Waals surface area contributed by atoms with E-state index in [2.05, 4.69) is 9.97 Å². The first kappa shape index (κ1) is 32.7. The maximum atomic E-state index is 12.5. The minimum atomic E-state index is -0.400. The molecule has 0 aliphatic carbocycles. The Bertz CT molecular complexity index is 1590. The van der Waals surface area contributed by atoms with Crippen LogP contribution >= 0.6 is 0 Å². The number of ether oxygens (including phenoxy) is 4. The number of aromatic nitrogens is 4. The first-order valence-corrected chi connectivity index (χ1v) is 13.0. The number of hydrogen-bond acceptors (Lipinski definition) is 8. The van der Waals surface area contributed by atoms with Crippen molar-refractivity contribution in [2.75, 3.05) is 28.4 Å². The number of aromatic amines is 2. The smallest absolute Gasteiger partial charge is 0.328 e. The molecule has 0 radical (unpaired) electrons. The summed E-state index contributed by atoms with van der Waals surface area (Å²) >= 11 is 0. The molecule has 0 fully saturated rings. The van der Waals surface area contributed by atoms with Gasteiger partial charge in [-0.2, -0.15) is 0 Å². The molecule has 41 heavy (non-hydrogen) atoms. The van der Waals surface area contributed by atoms with Crippen molar-refractivity contribution in [3.05, 3.63) is 65.9 Å². The third-order valence-corrected chi connectivity index (χ3v) is 6.45. The highest BCUT2D eigenvalue weighted by Crippen LogP contribution is 2.33. The quantitative estimate of drug-likeness (QED) is 0.289. The van der Waals surface area contributed by atoms with E-state index >= 15 is 0 Å². The molecule has 0 saturated heterocycles. The number of fused-ring (bicyclic) bond motifs is 2. The van der Waals surface area contributed by atoms with Gasteiger partial charge in [-0.25, -0.2) is 9.59 Å². The van der Waals surface area contributed by atoms with Gasteiger partial charge < -0.3 is 34.4 Å². The summed E-state index contributed by atoms with van der Waals surface area (Å²) in [5.41, 5.74) is -0.608. The van der Waals surface area contributed by atoms with Crippen LogP contribution < -0.4 is 41.4 Å². The molecule has 2 aromatic carbocycles. The second-order valence-corrected chi connectivity index (χ2v) is 8.93. The van der Waals surface area contributed by atoms with E-state index in [1.807, 2.05) is 13.8 Å². The van der Waals surface area contributed by atoms with Crippen LogP contribution in [0.4, 0.5) is 0 Å². The molecule has 0 unspecified atom stereocenters. The van der Waals surface area contributed by atoms with E-state index < -0.39 is 11.4 Å². The monoisotopic (exact) mass is 574 g/mol. The first-order chi connectivity index (χ1) is 19.3. The molecule has 2 heterocycles. The average Bonchev–Trinajstić information content (AvgIpc) is 2.96. The number of methoxy groups -OCH3 is 4. The van der Waals surface area contributed by atoms with E-state index in [1.165, 1.54) is 37.6 Å². The van der Waals surface area contributed by atoms with Gasteiger partial charge in [0.25, 0.3) is 11.1 Å². The van der Waals surface area contributed by atoms with Crippen LogP contribution in [0.15, 0.2) is 43.4 Å². The van der Waals surface area contributed by atoms with Crippen LogP contribution in [0.25, 0.3) is 21.8 Å². The van der Waals surface area contributed by atoms with E-state index in [-0.39, 0.29) is 16.6 Å².